The van der Waals surface area contributed by atoms with Crippen LogP contribution in [-0.4, -0.2) is 26.6 Å². The zero-order valence-electron chi connectivity index (χ0n) is 14.0. The molecule has 5 nitrogen and oxygen atoms in total. The molecular weight excluding hydrogens is 318 g/mol. The number of aromatic nitrogens is 4. The van der Waals surface area contributed by atoms with E-state index in [1.165, 1.54) is 0 Å². The van der Waals surface area contributed by atoms with Gasteiger partial charge < -0.3 is 9.47 Å². The molecule has 3 rings (SSSR count). The van der Waals surface area contributed by atoms with Crippen LogP contribution in [0.5, 0.6) is 0 Å². The standard InChI is InChI=1S/C18H19N5S/c1-13-7-8-16(11-20-13)24-18-21-12-17(23(18)4)14(2)22(3)15-6-5-9-19-10-15/h5-12H,2H2,1,3-4H3. The molecule has 0 fully saturated rings. The number of hydrogen-bond acceptors (Lipinski definition) is 5. The third-order valence-electron chi connectivity index (χ3n) is 3.77. The molecule has 0 aliphatic heterocycles. The Kier molecular flexibility index (Phi) is 4.66. The van der Waals surface area contributed by atoms with Crippen molar-refractivity contribution in [1.29, 1.82) is 0 Å². The first-order valence-electron chi connectivity index (χ1n) is 7.51. The molecule has 122 valence electrons. The predicted octanol–water partition coefficient (Wildman–Crippen LogP) is 3.78. The van der Waals surface area contributed by atoms with Gasteiger partial charge in [-0.25, -0.2) is 4.98 Å². The van der Waals surface area contributed by atoms with Gasteiger partial charge in [-0.15, -0.1) is 0 Å². The highest BCUT2D eigenvalue weighted by atomic mass is 32.2. The third-order valence-corrected chi connectivity index (χ3v) is 4.81. The van der Waals surface area contributed by atoms with Crippen molar-refractivity contribution >= 4 is 23.1 Å². The van der Waals surface area contributed by atoms with Gasteiger partial charge in [0.1, 0.15) is 0 Å². The normalized spacial score (nSPS) is 10.6. The van der Waals surface area contributed by atoms with Crippen molar-refractivity contribution in [3.63, 3.8) is 0 Å². The summed E-state index contributed by atoms with van der Waals surface area (Å²) < 4.78 is 2.04. The number of imidazole rings is 1. The highest BCUT2D eigenvalue weighted by Crippen LogP contribution is 2.29. The molecule has 0 bridgehead atoms. The fourth-order valence-corrected chi connectivity index (χ4v) is 3.05. The van der Waals surface area contributed by atoms with Crippen LogP contribution in [-0.2, 0) is 7.05 Å². The Balaban J connectivity index is 1.81. The molecule has 0 aliphatic rings. The van der Waals surface area contributed by atoms with Crippen molar-refractivity contribution in [2.75, 3.05) is 11.9 Å². The number of hydrogen-bond donors (Lipinski definition) is 0. The quantitative estimate of drug-likeness (QED) is 0.709. The monoisotopic (exact) mass is 337 g/mol. The predicted molar refractivity (Wildman–Crippen MR) is 98.0 cm³/mol. The van der Waals surface area contributed by atoms with Crippen LogP contribution in [0.25, 0.3) is 5.70 Å². The van der Waals surface area contributed by atoms with Gasteiger partial charge in [-0.1, -0.05) is 18.3 Å². The number of pyridine rings is 2. The molecule has 0 aromatic carbocycles. The van der Waals surface area contributed by atoms with E-state index in [1.807, 2.05) is 67.3 Å². The lowest BCUT2D eigenvalue weighted by Crippen LogP contribution is -2.16. The summed E-state index contributed by atoms with van der Waals surface area (Å²) in [6, 6.07) is 7.97. The maximum atomic E-state index is 4.53. The van der Waals surface area contributed by atoms with E-state index in [-0.39, 0.29) is 0 Å². The van der Waals surface area contributed by atoms with E-state index >= 15 is 0 Å². The van der Waals surface area contributed by atoms with Crippen LogP contribution in [0.3, 0.4) is 0 Å². The van der Waals surface area contributed by atoms with Crippen molar-refractivity contribution in [3.8, 4) is 0 Å². The Morgan fingerprint density at radius 2 is 2.00 bits per heavy atom. The molecular formula is C18H19N5S. The van der Waals surface area contributed by atoms with Crippen LogP contribution in [0, 0.1) is 6.92 Å². The Morgan fingerprint density at radius 1 is 1.17 bits per heavy atom. The molecule has 0 saturated carbocycles. The average Bonchev–Trinajstić information content (AvgIpc) is 2.97. The summed E-state index contributed by atoms with van der Waals surface area (Å²) in [5, 5.41) is 0.899. The molecule has 6 heteroatoms. The molecule has 0 radical (unpaired) electrons. The van der Waals surface area contributed by atoms with E-state index in [0.29, 0.717) is 0 Å². The number of aryl methyl sites for hydroxylation is 1. The van der Waals surface area contributed by atoms with Crippen LogP contribution in [0.4, 0.5) is 5.69 Å². The van der Waals surface area contributed by atoms with Crippen molar-refractivity contribution in [1.82, 2.24) is 19.5 Å². The highest BCUT2D eigenvalue weighted by molar-refractivity contribution is 7.99. The van der Waals surface area contributed by atoms with Gasteiger partial charge in [0.15, 0.2) is 5.16 Å². The number of nitrogens with zero attached hydrogens (tertiary/aromatic N) is 5. The summed E-state index contributed by atoms with van der Waals surface area (Å²) in [5.41, 5.74) is 3.82. The van der Waals surface area contributed by atoms with E-state index in [9.17, 15) is 0 Å². The van der Waals surface area contributed by atoms with Crippen molar-refractivity contribution in [2.24, 2.45) is 7.05 Å². The number of anilines is 1. The van der Waals surface area contributed by atoms with Crippen LogP contribution in [0.1, 0.15) is 11.4 Å². The Bertz CT molecular complexity index is 840. The molecule has 0 N–H and O–H groups in total. The summed E-state index contributed by atoms with van der Waals surface area (Å²) in [5.74, 6) is 0. The Morgan fingerprint density at radius 3 is 2.67 bits per heavy atom. The molecule has 3 aromatic rings. The zero-order chi connectivity index (χ0) is 17.1. The van der Waals surface area contributed by atoms with E-state index in [1.54, 1.807) is 18.0 Å². The number of rotatable bonds is 5. The van der Waals surface area contributed by atoms with Crippen molar-refractivity contribution in [3.05, 3.63) is 67.0 Å². The second-order valence-electron chi connectivity index (χ2n) is 5.44. The minimum Gasteiger partial charge on any atom is -0.342 e. The smallest absolute Gasteiger partial charge is 0.173 e. The van der Waals surface area contributed by atoms with E-state index < -0.39 is 0 Å². The summed E-state index contributed by atoms with van der Waals surface area (Å²) >= 11 is 1.59. The molecule has 3 heterocycles. The lowest BCUT2D eigenvalue weighted by atomic mass is 10.3. The van der Waals surface area contributed by atoms with Gasteiger partial charge in [0.05, 0.1) is 29.5 Å². The molecule has 3 aromatic heterocycles. The van der Waals surface area contributed by atoms with Crippen LogP contribution in [0.2, 0.25) is 0 Å². The highest BCUT2D eigenvalue weighted by Gasteiger charge is 2.14. The second-order valence-corrected chi connectivity index (χ2v) is 6.48. The molecule has 0 amide bonds. The maximum Gasteiger partial charge on any atom is 0.173 e. The summed E-state index contributed by atoms with van der Waals surface area (Å²) in [6.07, 6.45) is 7.29. The molecule has 0 spiro atoms. The third kappa shape index (κ3) is 3.33. The van der Waals surface area contributed by atoms with Gasteiger partial charge in [0.2, 0.25) is 0 Å². The lowest BCUT2D eigenvalue weighted by Gasteiger charge is -2.21. The van der Waals surface area contributed by atoms with E-state index in [0.717, 1.165) is 32.8 Å². The van der Waals surface area contributed by atoms with Gasteiger partial charge in [-0.3, -0.25) is 9.97 Å². The Labute approximate surface area is 146 Å². The van der Waals surface area contributed by atoms with Gasteiger partial charge in [0.25, 0.3) is 0 Å². The summed E-state index contributed by atoms with van der Waals surface area (Å²) in [4.78, 5) is 16.1. The first kappa shape index (κ1) is 16.3. The fraction of sp³-hybridized carbons (Fsp3) is 0.167. The summed E-state index contributed by atoms with van der Waals surface area (Å²) in [7, 11) is 3.97. The van der Waals surface area contributed by atoms with Gasteiger partial charge in [-0.2, -0.15) is 0 Å². The SMILES string of the molecule is C=C(c1cnc(Sc2ccc(C)nc2)n1C)N(C)c1cccnc1. The average molecular weight is 337 g/mol. The fourth-order valence-electron chi connectivity index (χ4n) is 2.26. The van der Waals surface area contributed by atoms with Gasteiger partial charge >= 0.3 is 0 Å². The van der Waals surface area contributed by atoms with Gasteiger partial charge in [0, 0.05) is 37.1 Å². The van der Waals surface area contributed by atoms with Crippen LogP contribution in [0.15, 0.2) is 65.7 Å². The van der Waals surface area contributed by atoms with Crippen LogP contribution >= 0.6 is 11.8 Å². The van der Waals surface area contributed by atoms with E-state index in [4.69, 9.17) is 0 Å². The van der Waals surface area contributed by atoms with E-state index in [2.05, 4.69) is 27.6 Å². The minimum absolute atomic E-state index is 0.867. The molecule has 0 aliphatic carbocycles. The van der Waals surface area contributed by atoms with Gasteiger partial charge in [-0.05, 0) is 31.2 Å². The minimum atomic E-state index is 0.867. The molecule has 0 atom stereocenters. The topological polar surface area (TPSA) is 46.8 Å². The zero-order valence-corrected chi connectivity index (χ0v) is 14.8. The molecule has 0 unspecified atom stereocenters. The van der Waals surface area contributed by atoms with Crippen LogP contribution < -0.4 is 4.90 Å². The molecule has 0 saturated heterocycles. The first-order valence-corrected chi connectivity index (χ1v) is 8.33. The largest absolute Gasteiger partial charge is 0.342 e. The lowest BCUT2D eigenvalue weighted by molar-refractivity contribution is 0.777. The second kappa shape index (κ2) is 6.88. The molecule has 24 heavy (non-hydrogen) atoms. The van der Waals surface area contributed by atoms with Crippen molar-refractivity contribution in [2.45, 2.75) is 17.0 Å². The maximum absolute atomic E-state index is 4.53. The van der Waals surface area contributed by atoms with Crippen molar-refractivity contribution < 1.29 is 0 Å². The first-order chi connectivity index (χ1) is 11.6. The Hall–Kier alpha value is -2.60. The summed E-state index contributed by atoms with van der Waals surface area (Å²) in [6.45, 7) is 6.19.